The van der Waals surface area contributed by atoms with E-state index in [2.05, 4.69) is 56.9 Å². The van der Waals surface area contributed by atoms with Crippen LogP contribution in [-0.4, -0.2) is 34.8 Å². The molecule has 3 aliphatic heterocycles. The van der Waals surface area contributed by atoms with E-state index in [4.69, 9.17) is 4.99 Å². The highest BCUT2D eigenvalue weighted by Gasteiger charge is 2.52. The molecule has 0 saturated carbocycles. The zero-order chi connectivity index (χ0) is 17.8. The average Bonchev–Trinajstić information content (AvgIpc) is 2.94. The van der Waals surface area contributed by atoms with Crippen molar-refractivity contribution >= 4 is 11.4 Å². The molecule has 0 bridgehead atoms. The molecular formula is C22H30N2O. The first-order valence-corrected chi connectivity index (χ1v) is 9.78. The average molecular weight is 338 g/mol. The van der Waals surface area contributed by atoms with Crippen LogP contribution in [0.1, 0.15) is 51.2 Å². The van der Waals surface area contributed by atoms with Crippen molar-refractivity contribution in [3.63, 3.8) is 0 Å². The van der Waals surface area contributed by atoms with Gasteiger partial charge in [0.1, 0.15) is 5.60 Å². The molecule has 0 aliphatic carbocycles. The van der Waals surface area contributed by atoms with Crippen LogP contribution in [0.2, 0.25) is 0 Å². The van der Waals surface area contributed by atoms with Gasteiger partial charge in [-0.2, -0.15) is 0 Å². The Bertz CT molecular complexity index is 750. The number of hydrogen-bond donors (Lipinski definition) is 1. The summed E-state index contributed by atoms with van der Waals surface area (Å²) in [5.74, 6) is 1.32. The zero-order valence-electron chi connectivity index (χ0n) is 15.9. The number of piperidine rings is 2. The summed E-state index contributed by atoms with van der Waals surface area (Å²) in [6.45, 7) is 10.9. The largest absolute Gasteiger partial charge is 0.379 e. The van der Waals surface area contributed by atoms with Gasteiger partial charge in [-0.15, -0.1) is 0 Å². The topological polar surface area (TPSA) is 35.8 Å². The number of allylic oxidation sites excluding steroid dienone is 2. The zero-order valence-corrected chi connectivity index (χ0v) is 15.9. The van der Waals surface area contributed by atoms with Gasteiger partial charge in [-0.1, -0.05) is 37.1 Å². The van der Waals surface area contributed by atoms with Gasteiger partial charge >= 0.3 is 0 Å². The Morgan fingerprint density at radius 2 is 2.24 bits per heavy atom. The highest BCUT2D eigenvalue weighted by Crippen LogP contribution is 2.49. The summed E-state index contributed by atoms with van der Waals surface area (Å²) in [5.41, 5.74) is 4.85. The molecule has 0 amide bonds. The minimum atomic E-state index is -0.852. The fourth-order valence-corrected chi connectivity index (χ4v) is 5.40. The molecule has 1 N–H and O–H groups in total. The Morgan fingerprint density at radius 1 is 1.44 bits per heavy atom. The van der Waals surface area contributed by atoms with E-state index in [-0.39, 0.29) is 6.04 Å². The van der Waals surface area contributed by atoms with E-state index in [0.717, 1.165) is 48.5 Å². The number of fused-ring (bicyclic) bond motifs is 5. The van der Waals surface area contributed by atoms with Gasteiger partial charge in [0.2, 0.25) is 0 Å². The Morgan fingerprint density at radius 3 is 2.96 bits per heavy atom. The van der Waals surface area contributed by atoms with Gasteiger partial charge in [0.15, 0.2) is 0 Å². The summed E-state index contributed by atoms with van der Waals surface area (Å²) >= 11 is 0. The monoisotopic (exact) mass is 338 g/mol. The number of aliphatic hydroxyl groups is 1. The lowest BCUT2D eigenvalue weighted by Gasteiger charge is -2.50. The van der Waals surface area contributed by atoms with E-state index in [0.29, 0.717) is 11.8 Å². The van der Waals surface area contributed by atoms with Crippen molar-refractivity contribution in [1.29, 1.82) is 0 Å². The lowest BCUT2D eigenvalue weighted by atomic mass is 9.70. The molecule has 3 nitrogen and oxygen atoms in total. The Hall–Kier alpha value is -1.45. The molecule has 1 aromatic rings. The van der Waals surface area contributed by atoms with E-state index in [1.807, 2.05) is 0 Å². The summed E-state index contributed by atoms with van der Waals surface area (Å²) in [6.07, 6.45) is 5.34. The van der Waals surface area contributed by atoms with Crippen molar-refractivity contribution in [3.8, 4) is 0 Å². The van der Waals surface area contributed by atoms with Gasteiger partial charge in [-0.3, -0.25) is 9.89 Å². The van der Waals surface area contributed by atoms with Crippen LogP contribution in [0.25, 0.3) is 0 Å². The highest BCUT2D eigenvalue weighted by atomic mass is 16.3. The van der Waals surface area contributed by atoms with Crippen molar-refractivity contribution in [3.05, 3.63) is 41.0 Å². The van der Waals surface area contributed by atoms with Crippen molar-refractivity contribution < 1.29 is 5.11 Å². The van der Waals surface area contributed by atoms with Crippen LogP contribution >= 0.6 is 0 Å². The van der Waals surface area contributed by atoms with Gasteiger partial charge < -0.3 is 5.11 Å². The van der Waals surface area contributed by atoms with Crippen LogP contribution in [0.5, 0.6) is 0 Å². The molecule has 25 heavy (non-hydrogen) atoms. The van der Waals surface area contributed by atoms with Gasteiger partial charge in [-0.05, 0) is 57.1 Å². The SMILES string of the molecule is C/C=C(/C)[C@H]1C[C@H]2C3=Nc4cccc(C)c4[C@@]3(O)CCN2C[C@H]1CC. The van der Waals surface area contributed by atoms with Gasteiger partial charge in [0.05, 0.1) is 17.4 Å². The third-order valence-corrected chi connectivity index (χ3v) is 6.93. The summed E-state index contributed by atoms with van der Waals surface area (Å²) in [5, 5.41) is 11.6. The third-order valence-electron chi connectivity index (χ3n) is 6.93. The number of aliphatic imine (C=N–C) groups is 1. The maximum absolute atomic E-state index is 11.6. The summed E-state index contributed by atoms with van der Waals surface area (Å²) in [4.78, 5) is 7.55. The smallest absolute Gasteiger partial charge is 0.133 e. The highest BCUT2D eigenvalue weighted by molar-refractivity contribution is 6.04. The first-order valence-electron chi connectivity index (χ1n) is 9.78. The molecule has 1 aromatic carbocycles. The number of hydrogen-bond acceptors (Lipinski definition) is 3. The summed E-state index contributed by atoms with van der Waals surface area (Å²) in [7, 11) is 0. The molecule has 4 atom stereocenters. The van der Waals surface area contributed by atoms with Gasteiger partial charge in [0.25, 0.3) is 0 Å². The number of benzene rings is 1. The van der Waals surface area contributed by atoms with Gasteiger partial charge in [0, 0.05) is 18.7 Å². The van der Waals surface area contributed by atoms with Crippen molar-refractivity contribution in [1.82, 2.24) is 4.90 Å². The van der Waals surface area contributed by atoms with E-state index < -0.39 is 5.60 Å². The molecule has 134 valence electrons. The molecule has 4 rings (SSSR count). The lowest BCUT2D eigenvalue weighted by molar-refractivity contribution is 0.0188. The van der Waals surface area contributed by atoms with Crippen LogP contribution in [0.4, 0.5) is 5.69 Å². The molecule has 2 saturated heterocycles. The number of rotatable bonds is 2. The molecule has 3 heterocycles. The molecule has 3 heteroatoms. The van der Waals surface area contributed by atoms with E-state index in [9.17, 15) is 5.11 Å². The Balaban J connectivity index is 1.73. The van der Waals surface area contributed by atoms with Crippen molar-refractivity contribution in [2.45, 2.75) is 58.6 Å². The van der Waals surface area contributed by atoms with Crippen LogP contribution in [0.3, 0.4) is 0 Å². The van der Waals surface area contributed by atoms with Gasteiger partial charge in [-0.25, -0.2) is 0 Å². The predicted octanol–water partition coefficient (Wildman–Crippen LogP) is 4.36. The van der Waals surface area contributed by atoms with Crippen LogP contribution < -0.4 is 0 Å². The summed E-state index contributed by atoms with van der Waals surface area (Å²) < 4.78 is 0. The van der Waals surface area contributed by atoms with Crippen molar-refractivity contribution in [2.24, 2.45) is 16.8 Å². The molecule has 3 aliphatic rings. The molecule has 0 radical (unpaired) electrons. The lowest BCUT2D eigenvalue weighted by Crippen LogP contribution is -2.60. The first kappa shape index (κ1) is 17.0. The fourth-order valence-electron chi connectivity index (χ4n) is 5.40. The second-order valence-corrected chi connectivity index (χ2v) is 8.13. The molecule has 2 fully saturated rings. The second-order valence-electron chi connectivity index (χ2n) is 8.13. The quantitative estimate of drug-likeness (QED) is 0.814. The fraction of sp³-hybridized carbons (Fsp3) is 0.591. The Labute approximate surface area is 151 Å². The predicted molar refractivity (Wildman–Crippen MR) is 103 cm³/mol. The maximum atomic E-state index is 11.6. The third kappa shape index (κ3) is 2.43. The van der Waals surface area contributed by atoms with E-state index >= 15 is 0 Å². The maximum Gasteiger partial charge on any atom is 0.133 e. The molecule has 0 unspecified atom stereocenters. The minimum absolute atomic E-state index is 0.272. The van der Waals surface area contributed by atoms with Crippen molar-refractivity contribution in [2.75, 3.05) is 13.1 Å². The molecule has 0 spiro atoms. The molecule has 0 aromatic heterocycles. The normalized spacial score (nSPS) is 35.0. The standard InChI is InChI=1S/C22H30N2O/c1-5-14(3)17-12-19-21-22(25,10-11-24(19)13-16(17)6-2)20-15(4)8-7-9-18(20)23-21/h5,7-9,16-17,19,25H,6,10-13H2,1-4H3/b14-5-/t16-,17-,19+,22+/m1/s1. The first-order chi connectivity index (χ1) is 12.0. The van der Waals surface area contributed by atoms with E-state index in [1.54, 1.807) is 0 Å². The van der Waals surface area contributed by atoms with Crippen LogP contribution in [-0.2, 0) is 5.60 Å². The number of nitrogens with zero attached hydrogens (tertiary/aromatic N) is 2. The minimum Gasteiger partial charge on any atom is -0.379 e. The Kier molecular flexibility index (Phi) is 4.12. The summed E-state index contributed by atoms with van der Waals surface area (Å²) in [6, 6.07) is 6.48. The van der Waals surface area contributed by atoms with E-state index in [1.165, 1.54) is 12.0 Å². The van der Waals surface area contributed by atoms with Crippen LogP contribution in [0, 0.1) is 18.8 Å². The van der Waals surface area contributed by atoms with Crippen LogP contribution in [0.15, 0.2) is 34.8 Å². The molecular weight excluding hydrogens is 308 g/mol. The second kappa shape index (κ2) is 6.07. The number of aryl methyl sites for hydroxylation is 1.